The molecule has 1 amide bonds. The summed E-state index contributed by atoms with van der Waals surface area (Å²) in [5.41, 5.74) is 8.33. The van der Waals surface area contributed by atoms with Crippen molar-refractivity contribution in [3.05, 3.63) is 40.2 Å². The molecule has 0 saturated heterocycles. The number of primary amides is 1. The quantitative estimate of drug-likeness (QED) is 0.881. The van der Waals surface area contributed by atoms with Gasteiger partial charge in [0.25, 0.3) is 0 Å². The third-order valence-corrected chi connectivity index (χ3v) is 3.15. The van der Waals surface area contributed by atoms with Crippen LogP contribution in [-0.2, 0) is 11.2 Å². The summed E-state index contributed by atoms with van der Waals surface area (Å²) in [6.07, 6.45) is 0.219. The normalized spacial score (nSPS) is 10.3. The Kier molecular flexibility index (Phi) is 3.01. The Hall–Kier alpha value is -1.68. The van der Waals surface area contributed by atoms with Crippen molar-refractivity contribution in [2.24, 2.45) is 5.73 Å². The van der Waals surface area contributed by atoms with E-state index in [2.05, 4.69) is 4.98 Å². The summed E-state index contributed by atoms with van der Waals surface area (Å²) in [4.78, 5) is 15.2. The first-order chi connectivity index (χ1) is 7.66. The van der Waals surface area contributed by atoms with Gasteiger partial charge in [-0.3, -0.25) is 4.79 Å². The minimum absolute atomic E-state index is 0.219. The molecular weight excluding hydrogens is 220 g/mol. The Morgan fingerprint density at radius 3 is 2.88 bits per heavy atom. The number of benzene rings is 1. The third kappa shape index (κ3) is 2.28. The molecule has 0 bridgehead atoms. The molecule has 0 aliphatic rings. The first-order valence-corrected chi connectivity index (χ1v) is 5.83. The number of aryl methyl sites for hydroxylation is 1. The second-order valence-electron chi connectivity index (χ2n) is 3.58. The van der Waals surface area contributed by atoms with Crippen LogP contribution in [0.5, 0.6) is 0 Å². The zero-order chi connectivity index (χ0) is 11.5. The van der Waals surface area contributed by atoms with Gasteiger partial charge in [0, 0.05) is 10.9 Å². The lowest BCUT2D eigenvalue weighted by Gasteiger charge is -2.00. The van der Waals surface area contributed by atoms with Crippen LogP contribution in [0.15, 0.2) is 29.6 Å². The summed E-state index contributed by atoms with van der Waals surface area (Å²) in [6.45, 7) is 2.04. The molecule has 2 N–H and O–H groups in total. The largest absolute Gasteiger partial charge is 0.369 e. The van der Waals surface area contributed by atoms with E-state index in [9.17, 15) is 4.79 Å². The number of carbonyl (C=O) groups is 1. The molecule has 0 aliphatic carbocycles. The average Bonchev–Trinajstić information content (AvgIpc) is 2.66. The lowest BCUT2D eigenvalue weighted by atomic mass is 10.1. The van der Waals surface area contributed by atoms with Crippen LogP contribution in [0.2, 0.25) is 0 Å². The highest BCUT2D eigenvalue weighted by Gasteiger charge is 2.08. The van der Waals surface area contributed by atoms with Crippen LogP contribution in [0.4, 0.5) is 0 Å². The highest BCUT2D eigenvalue weighted by Crippen LogP contribution is 2.24. The van der Waals surface area contributed by atoms with Crippen LogP contribution in [-0.4, -0.2) is 10.9 Å². The van der Waals surface area contributed by atoms with E-state index in [1.54, 1.807) is 0 Å². The van der Waals surface area contributed by atoms with Crippen LogP contribution >= 0.6 is 11.3 Å². The number of thiazole rings is 1. The molecule has 2 aromatic rings. The van der Waals surface area contributed by atoms with Gasteiger partial charge >= 0.3 is 0 Å². The molecule has 3 nitrogen and oxygen atoms in total. The zero-order valence-electron chi connectivity index (χ0n) is 8.93. The van der Waals surface area contributed by atoms with Crippen LogP contribution in [0.3, 0.4) is 0 Å². The first kappa shape index (κ1) is 10.8. The second kappa shape index (κ2) is 4.45. The van der Waals surface area contributed by atoms with Crippen molar-refractivity contribution >= 4 is 17.2 Å². The van der Waals surface area contributed by atoms with Crippen molar-refractivity contribution in [2.45, 2.75) is 13.3 Å². The Morgan fingerprint density at radius 2 is 2.19 bits per heavy atom. The molecule has 0 saturated carbocycles. The topological polar surface area (TPSA) is 56.0 Å². The third-order valence-electron chi connectivity index (χ3n) is 2.30. The minimum Gasteiger partial charge on any atom is -0.369 e. The van der Waals surface area contributed by atoms with Gasteiger partial charge < -0.3 is 5.73 Å². The van der Waals surface area contributed by atoms with Crippen molar-refractivity contribution in [1.29, 1.82) is 0 Å². The van der Waals surface area contributed by atoms with E-state index < -0.39 is 0 Å². The lowest BCUT2D eigenvalue weighted by molar-refractivity contribution is -0.117. The van der Waals surface area contributed by atoms with E-state index in [-0.39, 0.29) is 12.3 Å². The van der Waals surface area contributed by atoms with E-state index in [4.69, 9.17) is 5.73 Å². The van der Waals surface area contributed by atoms with Crippen LogP contribution in [0, 0.1) is 6.92 Å². The maximum atomic E-state index is 10.8. The predicted octanol–water partition coefficient (Wildman–Crippen LogP) is 2.15. The summed E-state index contributed by atoms with van der Waals surface area (Å²) in [5, 5.41) is 2.73. The maximum absolute atomic E-state index is 10.8. The zero-order valence-corrected chi connectivity index (χ0v) is 9.75. The molecule has 0 atom stereocenters. The van der Waals surface area contributed by atoms with Gasteiger partial charge in [0.05, 0.1) is 12.1 Å². The van der Waals surface area contributed by atoms with Gasteiger partial charge in [0.2, 0.25) is 5.91 Å². The summed E-state index contributed by atoms with van der Waals surface area (Å²) >= 11 is 1.47. The van der Waals surface area contributed by atoms with Gasteiger partial charge in [-0.25, -0.2) is 4.98 Å². The number of aromatic nitrogens is 1. The Labute approximate surface area is 97.9 Å². The van der Waals surface area contributed by atoms with Crippen LogP contribution < -0.4 is 5.73 Å². The Bertz CT molecular complexity index is 519. The molecule has 0 unspecified atom stereocenters. The summed E-state index contributed by atoms with van der Waals surface area (Å²) in [6, 6.07) is 8.05. The Morgan fingerprint density at radius 1 is 1.44 bits per heavy atom. The van der Waals surface area contributed by atoms with Gasteiger partial charge in [-0.05, 0) is 12.5 Å². The smallest absolute Gasteiger partial charge is 0.224 e. The molecule has 0 aliphatic heterocycles. The fourth-order valence-corrected chi connectivity index (χ4v) is 2.33. The molecule has 4 heteroatoms. The number of hydrogen-bond acceptors (Lipinski definition) is 3. The molecule has 0 radical (unpaired) electrons. The molecule has 82 valence electrons. The number of rotatable bonds is 3. The highest BCUT2D eigenvalue weighted by molar-refractivity contribution is 7.10. The van der Waals surface area contributed by atoms with Crippen molar-refractivity contribution in [2.75, 3.05) is 0 Å². The molecule has 1 heterocycles. The molecule has 0 fully saturated rings. The fourth-order valence-electron chi connectivity index (χ4n) is 1.53. The highest BCUT2D eigenvalue weighted by atomic mass is 32.1. The van der Waals surface area contributed by atoms with Crippen molar-refractivity contribution in [1.82, 2.24) is 4.98 Å². The SMILES string of the molecule is Cc1ccccc1-c1csc(CC(N)=O)n1. The molecule has 1 aromatic carbocycles. The lowest BCUT2D eigenvalue weighted by Crippen LogP contribution is -2.13. The molecular formula is C12H12N2OS. The molecule has 16 heavy (non-hydrogen) atoms. The standard InChI is InChI=1S/C12H12N2OS/c1-8-4-2-3-5-9(8)10-7-16-12(14-10)6-11(13)15/h2-5,7H,6H2,1H3,(H2,13,15). The van der Waals surface area contributed by atoms with E-state index >= 15 is 0 Å². The summed E-state index contributed by atoms with van der Waals surface area (Å²) < 4.78 is 0. The van der Waals surface area contributed by atoms with E-state index in [1.807, 2.05) is 36.6 Å². The first-order valence-electron chi connectivity index (χ1n) is 4.95. The van der Waals surface area contributed by atoms with Gasteiger partial charge in [-0.15, -0.1) is 11.3 Å². The summed E-state index contributed by atoms with van der Waals surface area (Å²) in [5.74, 6) is -0.342. The minimum atomic E-state index is -0.342. The van der Waals surface area contributed by atoms with Crippen LogP contribution in [0.25, 0.3) is 11.3 Å². The van der Waals surface area contributed by atoms with Gasteiger partial charge in [0.15, 0.2) is 0 Å². The van der Waals surface area contributed by atoms with Gasteiger partial charge in [-0.1, -0.05) is 24.3 Å². The van der Waals surface area contributed by atoms with E-state index in [1.165, 1.54) is 16.9 Å². The van der Waals surface area contributed by atoms with Crippen molar-refractivity contribution in [3.63, 3.8) is 0 Å². The van der Waals surface area contributed by atoms with Gasteiger partial charge in [-0.2, -0.15) is 0 Å². The van der Waals surface area contributed by atoms with Gasteiger partial charge in [0.1, 0.15) is 5.01 Å². The van der Waals surface area contributed by atoms with E-state index in [0.29, 0.717) is 0 Å². The second-order valence-corrected chi connectivity index (χ2v) is 4.53. The molecule has 0 spiro atoms. The molecule has 1 aromatic heterocycles. The van der Waals surface area contributed by atoms with Crippen LogP contribution in [0.1, 0.15) is 10.6 Å². The molecule has 2 rings (SSSR count). The average molecular weight is 232 g/mol. The monoisotopic (exact) mass is 232 g/mol. The van der Waals surface area contributed by atoms with Crippen molar-refractivity contribution < 1.29 is 4.79 Å². The number of amides is 1. The number of hydrogen-bond donors (Lipinski definition) is 1. The number of nitrogens with zero attached hydrogens (tertiary/aromatic N) is 1. The fraction of sp³-hybridized carbons (Fsp3) is 0.167. The summed E-state index contributed by atoms with van der Waals surface area (Å²) in [7, 11) is 0. The number of nitrogens with two attached hydrogens (primary N) is 1. The maximum Gasteiger partial charge on any atom is 0.224 e. The Balaban J connectivity index is 2.32. The van der Waals surface area contributed by atoms with Crippen molar-refractivity contribution in [3.8, 4) is 11.3 Å². The van der Waals surface area contributed by atoms with E-state index in [0.717, 1.165) is 16.3 Å². The number of carbonyl (C=O) groups excluding carboxylic acids is 1. The predicted molar refractivity (Wildman–Crippen MR) is 65.2 cm³/mol.